The zero-order valence-electron chi connectivity index (χ0n) is 11.2. The lowest BCUT2D eigenvalue weighted by Gasteiger charge is -2.14. The molecule has 1 unspecified atom stereocenters. The molecule has 0 aliphatic rings. The maximum atomic E-state index is 12.7. The molecule has 0 bridgehead atoms. The predicted octanol–water partition coefficient (Wildman–Crippen LogP) is 1.94. The van der Waals surface area contributed by atoms with Gasteiger partial charge in [0.1, 0.15) is 5.82 Å². The third kappa shape index (κ3) is 4.94. The fourth-order valence-electron chi connectivity index (χ4n) is 1.67. The molecule has 0 saturated heterocycles. The van der Waals surface area contributed by atoms with E-state index in [0.29, 0.717) is 5.56 Å². The minimum absolute atomic E-state index is 0.000136. The van der Waals surface area contributed by atoms with Crippen LogP contribution in [0.4, 0.5) is 4.39 Å². The van der Waals surface area contributed by atoms with Crippen molar-refractivity contribution in [3.05, 3.63) is 35.6 Å². The SMILES string of the molecule is CC(NCCCN(C)C)C(=O)c1ccc(F)cc1. The monoisotopic (exact) mass is 252 g/mol. The smallest absolute Gasteiger partial charge is 0.179 e. The molecule has 0 heterocycles. The molecule has 4 heteroatoms. The number of halogens is 1. The van der Waals surface area contributed by atoms with Crippen molar-refractivity contribution in [2.75, 3.05) is 27.2 Å². The van der Waals surface area contributed by atoms with Crippen molar-refractivity contribution >= 4 is 5.78 Å². The van der Waals surface area contributed by atoms with Crippen LogP contribution in [0.3, 0.4) is 0 Å². The highest BCUT2D eigenvalue weighted by Gasteiger charge is 2.14. The molecule has 1 aromatic rings. The van der Waals surface area contributed by atoms with Crippen molar-refractivity contribution in [2.45, 2.75) is 19.4 Å². The van der Waals surface area contributed by atoms with Crippen LogP contribution in [0.1, 0.15) is 23.7 Å². The van der Waals surface area contributed by atoms with Gasteiger partial charge in [-0.3, -0.25) is 4.79 Å². The van der Waals surface area contributed by atoms with Crippen LogP contribution < -0.4 is 5.32 Å². The average Bonchev–Trinajstić information content (AvgIpc) is 2.34. The number of carbonyl (C=O) groups is 1. The van der Waals surface area contributed by atoms with Gasteiger partial charge in [-0.25, -0.2) is 4.39 Å². The minimum atomic E-state index is -0.321. The lowest BCUT2D eigenvalue weighted by atomic mass is 10.1. The Morgan fingerprint density at radius 1 is 1.33 bits per heavy atom. The summed E-state index contributed by atoms with van der Waals surface area (Å²) in [6.07, 6.45) is 0.994. The third-order valence-corrected chi connectivity index (χ3v) is 2.75. The predicted molar refractivity (Wildman–Crippen MR) is 71.4 cm³/mol. The Hall–Kier alpha value is -1.26. The van der Waals surface area contributed by atoms with Crippen LogP contribution >= 0.6 is 0 Å². The van der Waals surface area contributed by atoms with Crippen LogP contribution in [0.15, 0.2) is 24.3 Å². The van der Waals surface area contributed by atoms with E-state index in [2.05, 4.69) is 10.2 Å². The molecule has 0 aliphatic heterocycles. The van der Waals surface area contributed by atoms with Gasteiger partial charge in [-0.1, -0.05) is 0 Å². The summed E-state index contributed by atoms with van der Waals surface area (Å²) >= 11 is 0. The van der Waals surface area contributed by atoms with E-state index in [0.717, 1.165) is 19.5 Å². The second-order valence-corrected chi connectivity index (χ2v) is 4.70. The number of benzene rings is 1. The Morgan fingerprint density at radius 2 is 1.94 bits per heavy atom. The molecule has 1 rings (SSSR count). The van der Waals surface area contributed by atoms with Crippen LogP contribution in [0.5, 0.6) is 0 Å². The van der Waals surface area contributed by atoms with Crippen LogP contribution in [0.25, 0.3) is 0 Å². The van der Waals surface area contributed by atoms with Crippen molar-refractivity contribution in [1.29, 1.82) is 0 Å². The topological polar surface area (TPSA) is 32.3 Å². The van der Waals surface area contributed by atoms with Crippen molar-refractivity contribution in [3.63, 3.8) is 0 Å². The van der Waals surface area contributed by atoms with Gasteiger partial charge in [0.15, 0.2) is 5.78 Å². The first kappa shape index (κ1) is 14.8. The van der Waals surface area contributed by atoms with Crippen molar-refractivity contribution in [1.82, 2.24) is 10.2 Å². The van der Waals surface area contributed by atoms with E-state index < -0.39 is 0 Å². The van der Waals surface area contributed by atoms with Gasteiger partial charge in [-0.15, -0.1) is 0 Å². The summed E-state index contributed by atoms with van der Waals surface area (Å²) in [5, 5.41) is 3.18. The Morgan fingerprint density at radius 3 is 2.50 bits per heavy atom. The number of hydrogen-bond acceptors (Lipinski definition) is 3. The number of rotatable bonds is 7. The largest absolute Gasteiger partial charge is 0.309 e. The van der Waals surface area contributed by atoms with Gasteiger partial charge in [0.2, 0.25) is 0 Å². The van der Waals surface area contributed by atoms with Gasteiger partial charge in [-0.05, 0) is 64.8 Å². The highest BCUT2D eigenvalue weighted by atomic mass is 19.1. The molecule has 0 radical (unpaired) electrons. The fourth-order valence-corrected chi connectivity index (χ4v) is 1.67. The number of nitrogens with one attached hydrogen (secondary N) is 1. The lowest BCUT2D eigenvalue weighted by Crippen LogP contribution is -2.35. The Kier molecular flexibility index (Phi) is 5.95. The highest BCUT2D eigenvalue weighted by molar-refractivity contribution is 5.99. The van der Waals surface area contributed by atoms with Gasteiger partial charge in [0.25, 0.3) is 0 Å². The first-order chi connectivity index (χ1) is 8.50. The van der Waals surface area contributed by atoms with Crippen molar-refractivity contribution < 1.29 is 9.18 Å². The number of Topliss-reactive ketones (excluding diaryl/α,β-unsaturated/α-hetero) is 1. The first-order valence-corrected chi connectivity index (χ1v) is 6.18. The maximum absolute atomic E-state index is 12.7. The molecule has 0 aliphatic carbocycles. The molecule has 3 nitrogen and oxygen atoms in total. The standard InChI is InChI=1S/C14H21FN2O/c1-11(16-9-4-10-17(2)3)14(18)12-5-7-13(15)8-6-12/h5-8,11,16H,4,9-10H2,1-3H3. The number of ketones is 1. The molecule has 0 amide bonds. The minimum Gasteiger partial charge on any atom is -0.309 e. The van der Waals surface area contributed by atoms with E-state index in [4.69, 9.17) is 0 Å². The third-order valence-electron chi connectivity index (χ3n) is 2.75. The van der Waals surface area contributed by atoms with Gasteiger partial charge in [0, 0.05) is 5.56 Å². The van der Waals surface area contributed by atoms with Crippen molar-refractivity contribution in [2.24, 2.45) is 0 Å². The van der Waals surface area contributed by atoms with E-state index in [1.54, 1.807) is 0 Å². The van der Waals surface area contributed by atoms with E-state index in [1.165, 1.54) is 24.3 Å². The molecule has 18 heavy (non-hydrogen) atoms. The molecule has 0 spiro atoms. The molecule has 0 aromatic heterocycles. The maximum Gasteiger partial charge on any atom is 0.179 e. The van der Waals surface area contributed by atoms with Crippen LogP contribution in [-0.4, -0.2) is 43.9 Å². The molecule has 0 saturated carbocycles. The summed E-state index contributed by atoms with van der Waals surface area (Å²) in [6, 6.07) is 5.43. The average molecular weight is 252 g/mol. The van der Waals surface area contributed by atoms with Gasteiger partial charge < -0.3 is 10.2 Å². The first-order valence-electron chi connectivity index (χ1n) is 6.18. The van der Waals surface area contributed by atoms with E-state index in [-0.39, 0.29) is 17.6 Å². The zero-order chi connectivity index (χ0) is 13.5. The summed E-state index contributed by atoms with van der Waals surface area (Å²) in [4.78, 5) is 14.1. The lowest BCUT2D eigenvalue weighted by molar-refractivity contribution is 0.0950. The fraction of sp³-hybridized carbons (Fsp3) is 0.500. The summed E-state index contributed by atoms with van der Waals surface area (Å²) < 4.78 is 12.7. The molecule has 100 valence electrons. The van der Waals surface area contributed by atoms with E-state index >= 15 is 0 Å². The summed E-state index contributed by atoms with van der Waals surface area (Å²) in [5.41, 5.74) is 0.545. The van der Waals surface area contributed by atoms with E-state index in [9.17, 15) is 9.18 Å². The Labute approximate surface area is 108 Å². The quantitative estimate of drug-likeness (QED) is 0.594. The van der Waals surface area contributed by atoms with Gasteiger partial charge in [-0.2, -0.15) is 0 Å². The Bertz CT molecular complexity index is 376. The van der Waals surface area contributed by atoms with Gasteiger partial charge >= 0.3 is 0 Å². The molecular formula is C14H21FN2O. The number of hydrogen-bond donors (Lipinski definition) is 1. The van der Waals surface area contributed by atoms with Crippen LogP contribution in [0, 0.1) is 5.82 Å². The van der Waals surface area contributed by atoms with Crippen molar-refractivity contribution in [3.8, 4) is 0 Å². The Balaban J connectivity index is 2.39. The molecule has 1 aromatic carbocycles. The molecule has 1 atom stereocenters. The van der Waals surface area contributed by atoms with E-state index in [1.807, 2.05) is 21.0 Å². The number of nitrogens with zero attached hydrogens (tertiary/aromatic N) is 1. The molecule has 0 fully saturated rings. The van der Waals surface area contributed by atoms with Crippen LogP contribution in [-0.2, 0) is 0 Å². The number of carbonyl (C=O) groups excluding carboxylic acids is 1. The summed E-state index contributed by atoms with van der Waals surface area (Å²) in [7, 11) is 4.04. The normalized spacial score (nSPS) is 12.7. The summed E-state index contributed by atoms with van der Waals surface area (Å²) in [5.74, 6) is -0.321. The highest BCUT2D eigenvalue weighted by Crippen LogP contribution is 2.06. The summed E-state index contributed by atoms with van der Waals surface area (Å²) in [6.45, 7) is 3.62. The molecular weight excluding hydrogens is 231 g/mol. The van der Waals surface area contributed by atoms with Crippen LogP contribution in [0.2, 0.25) is 0 Å². The molecule has 1 N–H and O–H groups in total. The second-order valence-electron chi connectivity index (χ2n) is 4.70. The second kappa shape index (κ2) is 7.24. The zero-order valence-corrected chi connectivity index (χ0v) is 11.2. The van der Waals surface area contributed by atoms with Gasteiger partial charge in [0.05, 0.1) is 6.04 Å².